The summed E-state index contributed by atoms with van der Waals surface area (Å²) in [7, 11) is -4.46. The number of ether oxygens (including phenoxy) is 2. The van der Waals surface area contributed by atoms with Crippen molar-refractivity contribution in [2.45, 2.75) is 69.0 Å². The highest BCUT2D eigenvalue weighted by molar-refractivity contribution is 7.89. The highest BCUT2D eigenvalue weighted by atomic mass is 32.2. The number of carbonyl (C=O) groups excluding carboxylic acids is 4. The number of rotatable bonds is 22. The van der Waals surface area contributed by atoms with Gasteiger partial charge in [0.2, 0.25) is 27.8 Å². The second-order valence-electron chi connectivity index (χ2n) is 16.3. The van der Waals surface area contributed by atoms with Crippen molar-refractivity contribution in [3.05, 3.63) is 89.4 Å². The minimum atomic E-state index is -4.87. The number of aliphatic hydroxyl groups is 2. The molecule has 3 aromatic heterocycles. The van der Waals surface area contributed by atoms with Crippen LogP contribution in [0.15, 0.2) is 66.1 Å². The van der Waals surface area contributed by atoms with Crippen LogP contribution in [-0.4, -0.2) is 144 Å². The Morgan fingerprint density at radius 2 is 1.74 bits per heavy atom. The van der Waals surface area contributed by atoms with Crippen molar-refractivity contribution >= 4 is 51.0 Å². The van der Waals surface area contributed by atoms with E-state index in [2.05, 4.69) is 41.3 Å². The molecule has 0 saturated carbocycles. The lowest BCUT2D eigenvalue weighted by atomic mass is 10.0. The van der Waals surface area contributed by atoms with E-state index in [9.17, 15) is 51.0 Å². The summed E-state index contributed by atoms with van der Waals surface area (Å²) < 4.78 is 99.4. The topological polar surface area (TPSA) is 278 Å². The van der Waals surface area contributed by atoms with Crippen molar-refractivity contribution in [3.8, 4) is 11.3 Å². The van der Waals surface area contributed by atoms with Gasteiger partial charge in [-0.25, -0.2) is 27.5 Å². The van der Waals surface area contributed by atoms with E-state index in [1.807, 2.05) is 0 Å². The predicted octanol–water partition coefficient (Wildman–Crippen LogP) is 2.33. The number of amides is 4. The first kappa shape index (κ1) is 50.1. The van der Waals surface area contributed by atoms with E-state index in [-0.39, 0.29) is 93.5 Å². The molecule has 2 aliphatic rings. The normalized spacial score (nSPS) is 15.6. The largest absolute Gasteiger partial charge is 0.419 e. The molecule has 5 aromatic rings. The molecule has 27 heteroatoms. The van der Waals surface area contributed by atoms with E-state index in [1.54, 1.807) is 12.1 Å². The lowest BCUT2D eigenvalue weighted by Gasteiger charge is -2.27. The van der Waals surface area contributed by atoms with E-state index in [0.717, 1.165) is 27.5 Å². The second-order valence-corrected chi connectivity index (χ2v) is 18.3. The Hall–Kier alpha value is -6.78. The SMILES string of the molecule is CC(C)(O)Cn1cc(-c2nc(Nc3ccc(S(=O)(=O)N(CCO)Cc4cn(CCOCCOCCNc5cccc6c5C(=O)N(C5CCC(=O)NC5=O)C6=O)nn4)cc3F)ncc2C(F)(F)F)cn1. The Bertz CT molecular complexity index is 2840. The van der Waals surface area contributed by atoms with Crippen molar-refractivity contribution < 1.29 is 64.8 Å². The van der Waals surface area contributed by atoms with Gasteiger partial charge < -0.3 is 30.3 Å². The smallest absolute Gasteiger partial charge is 0.395 e. The third-order valence-corrected chi connectivity index (χ3v) is 12.4. The third kappa shape index (κ3) is 11.9. The quantitative estimate of drug-likeness (QED) is 0.0378. The molecule has 368 valence electrons. The summed E-state index contributed by atoms with van der Waals surface area (Å²) in [5.41, 5.74) is -2.54. The van der Waals surface area contributed by atoms with E-state index < -0.39 is 92.5 Å². The first-order chi connectivity index (χ1) is 32.7. The van der Waals surface area contributed by atoms with Crippen LogP contribution in [0.4, 0.5) is 34.9 Å². The molecule has 2 aliphatic heterocycles. The minimum absolute atomic E-state index is 0.00844. The van der Waals surface area contributed by atoms with Crippen LogP contribution in [0.5, 0.6) is 0 Å². The van der Waals surface area contributed by atoms with E-state index in [4.69, 9.17) is 9.47 Å². The number of nitrogens with zero attached hydrogens (tertiary/aromatic N) is 9. The van der Waals surface area contributed by atoms with Gasteiger partial charge in [-0.3, -0.25) is 34.1 Å². The third-order valence-electron chi connectivity index (χ3n) is 10.5. The maximum Gasteiger partial charge on any atom is 0.419 e. The fourth-order valence-electron chi connectivity index (χ4n) is 7.36. The molecule has 69 heavy (non-hydrogen) atoms. The molecule has 1 unspecified atom stereocenters. The zero-order valence-corrected chi connectivity index (χ0v) is 37.8. The summed E-state index contributed by atoms with van der Waals surface area (Å²) >= 11 is 0. The van der Waals surface area contributed by atoms with Gasteiger partial charge in [0, 0.05) is 49.4 Å². The average Bonchev–Trinajstić information content (AvgIpc) is 4.00. The molecular weight excluding hydrogens is 941 g/mol. The Morgan fingerprint density at radius 1 is 0.971 bits per heavy atom. The molecule has 1 fully saturated rings. The predicted molar refractivity (Wildman–Crippen MR) is 232 cm³/mol. The number of carbonyl (C=O) groups is 4. The number of hydrogen-bond acceptors (Lipinski definition) is 17. The fourth-order valence-corrected chi connectivity index (χ4v) is 8.78. The van der Waals surface area contributed by atoms with Crippen LogP contribution in [0.1, 0.15) is 58.7 Å². The Labute approximate surface area is 390 Å². The van der Waals surface area contributed by atoms with Gasteiger partial charge >= 0.3 is 6.18 Å². The lowest BCUT2D eigenvalue weighted by molar-refractivity contribution is -0.138. The maximum absolute atomic E-state index is 15.5. The first-order valence-electron chi connectivity index (χ1n) is 21.2. The van der Waals surface area contributed by atoms with Gasteiger partial charge in [0.15, 0.2) is 0 Å². The first-order valence-corrected chi connectivity index (χ1v) is 22.7. The van der Waals surface area contributed by atoms with E-state index in [1.165, 1.54) is 41.7 Å². The zero-order valence-electron chi connectivity index (χ0n) is 36.9. The van der Waals surface area contributed by atoms with E-state index in [0.29, 0.717) is 18.0 Å². The number of anilines is 3. The van der Waals surface area contributed by atoms with Crippen molar-refractivity contribution in [2.24, 2.45) is 0 Å². The van der Waals surface area contributed by atoms with E-state index >= 15 is 4.39 Å². The van der Waals surface area contributed by atoms with Crippen molar-refractivity contribution in [1.29, 1.82) is 0 Å². The molecule has 0 radical (unpaired) electrons. The second kappa shape index (κ2) is 20.8. The molecule has 4 amide bonds. The van der Waals surface area contributed by atoms with Gasteiger partial charge in [0.25, 0.3) is 11.8 Å². The molecule has 0 spiro atoms. The summed E-state index contributed by atoms with van der Waals surface area (Å²) in [6.07, 6.45) is -0.443. The molecule has 7 rings (SSSR count). The number of benzene rings is 2. The number of aliphatic hydroxyl groups excluding tert-OH is 1. The molecule has 5 N–H and O–H groups in total. The number of halogens is 4. The van der Waals surface area contributed by atoms with Crippen LogP contribution >= 0.6 is 0 Å². The molecule has 2 aromatic carbocycles. The van der Waals surface area contributed by atoms with Crippen molar-refractivity contribution in [3.63, 3.8) is 0 Å². The summed E-state index contributed by atoms with van der Waals surface area (Å²) in [5, 5.41) is 39.6. The zero-order chi connectivity index (χ0) is 49.7. The molecule has 5 heterocycles. The van der Waals surface area contributed by atoms with Crippen LogP contribution < -0.4 is 16.0 Å². The number of sulfonamides is 1. The number of imide groups is 2. The molecule has 0 bridgehead atoms. The van der Waals surface area contributed by atoms with Gasteiger partial charge in [-0.2, -0.15) is 22.6 Å². The van der Waals surface area contributed by atoms with Crippen molar-refractivity contribution in [1.82, 2.24) is 49.3 Å². The lowest BCUT2D eigenvalue weighted by Crippen LogP contribution is -2.54. The fraction of sp³-hybridized carbons (Fsp3) is 0.405. The summed E-state index contributed by atoms with van der Waals surface area (Å²) in [5.74, 6) is -3.96. The number of alkyl halides is 3. The van der Waals surface area contributed by atoms with Crippen LogP contribution in [0.25, 0.3) is 11.3 Å². The number of nitrogens with one attached hydrogen (secondary N) is 3. The van der Waals surface area contributed by atoms with Gasteiger partial charge in [-0.05, 0) is 50.6 Å². The number of hydrogen-bond donors (Lipinski definition) is 5. The van der Waals surface area contributed by atoms with Crippen LogP contribution in [0.2, 0.25) is 0 Å². The molecule has 1 atom stereocenters. The highest BCUT2D eigenvalue weighted by Gasteiger charge is 2.45. The van der Waals surface area contributed by atoms with Crippen LogP contribution in [0, 0.1) is 5.82 Å². The highest BCUT2D eigenvalue weighted by Crippen LogP contribution is 2.37. The summed E-state index contributed by atoms with van der Waals surface area (Å²) in [6.45, 7) is 2.89. The molecule has 1 saturated heterocycles. The van der Waals surface area contributed by atoms with Gasteiger partial charge in [0.05, 0.1) is 97.6 Å². The van der Waals surface area contributed by atoms with Gasteiger partial charge in [-0.1, -0.05) is 11.3 Å². The van der Waals surface area contributed by atoms with Crippen molar-refractivity contribution in [2.75, 3.05) is 56.8 Å². The summed E-state index contributed by atoms with van der Waals surface area (Å²) in [6, 6.07) is 6.45. The number of piperidine rings is 1. The molecular formula is C42H46F4N12O10S. The van der Waals surface area contributed by atoms with Crippen LogP contribution in [0.3, 0.4) is 0 Å². The van der Waals surface area contributed by atoms with Gasteiger partial charge in [0.1, 0.15) is 17.4 Å². The Balaban J connectivity index is 0.871. The number of fused-ring (bicyclic) bond motifs is 1. The van der Waals surface area contributed by atoms with Crippen LogP contribution in [-0.2, 0) is 54.9 Å². The summed E-state index contributed by atoms with van der Waals surface area (Å²) in [4.78, 5) is 58.3. The standard InChI is InChI=1S/C42H46F4N12O10S/c1-41(2,64)24-56-21-25(19-49-56)36-29(42(44,45)46)20-48-40(52-36)50-31-7-6-27(18-30(31)43)69(65,66)57(11-13-59)23-26-22-55(54-53-26)12-15-68-17-16-67-14-10-47-32-5-3-4-28-35(32)39(63)58(38(28)62)33-8-9-34(60)51-37(33)61/h3-7,18-22,33,47,59,64H,8-17,23-24H2,1-2H3,(H,48,50,52)(H,51,60,61). The monoisotopic (exact) mass is 986 g/mol. The van der Waals surface area contributed by atoms with Gasteiger partial charge in [-0.15, -0.1) is 5.10 Å². The maximum atomic E-state index is 15.5. The Kier molecular flexibility index (Phi) is 15.1. The number of aromatic nitrogens is 7. The minimum Gasteiger partial charge on any atom is -0.395 e. The average molecular weight is 987 g/mol. The Morgan fingerprint density at radius 3 is 2.45 bits per heavy atom. The molecule has 0 aliphatic carbocycles. The molecule has 22 nitrogen and oxygen atoms in total.